The van der Waals surface area contributed by atoms with Gasteiger partial charge < -0.3 is 15.9 Å². The Morgan fingerprint density at radius 2 is 2.06 bits per heavy atom. The third-order valence-electron chi connectivity index (χ3n) is 1.90. The number of hydrogen-bond acceptors (Lipinski definition) is 6. The van der Waals surface area contributed by atoms with E-state index in [1.807, 2.05) is 24.3 Å². The van der Waals surface area contributed by atoms with Crippen molar-refractivity contribution in [1.82, 2.24) is 5.43 Å². The fraction of sp³-hybridized carbons (Fsp3) is 0.182. The predicted molar refractivity (Wildman–Crippen MR) is 75.2 cm³/mol. The van der Waals surface area contributed by atoms with Crippen LogP contribution in [0.5, 0.6) is 0 Å². The van der Waals surface area contributed by atoms with Gasteiger partial charge in [-0.1, -0.05) is 27.7 Å². The second kappa shape index (κ2) is 7.30. The van der Waals surface area contributed by atoms with Crippen LogP contribution in [0.25, 0.3) is 0 Å². The van der Waals surface area contributed by atoms with Crippen molar-refractivity contribution in [3.63, 3.8) is 0 Å². The Morgan fingerprint density at radius 1 is 1.44 bits per heavy atom. The molecule has 18 heavy (non-hydrogen) atoms. The van der Waals surface area contributed by atoms with Crippen molar-refractivity contribution in [3.8, 4) is 0 Å². The summed E-state index contributed by atoms with van der Waals surface area (Å²) in [5.74, 6) is 4.77. The smallest absolute Gasteiger partial charge is 0.356 e. The molecular weight excluding hydrogens is 318 g/mol. The molecule has 0 radical (unpaired) electrons. The Balaban J connectivity index is 2.86. The van der Waals surface area contributed by atoms with Crippen LogP contribution in [0.1, 0.15) is 6.92 Å². The molecule has 98 valence electrons. The molecule has 0 fully saturated rings. The fourth-order valence-electron chi connectivity index (χ4n) is 1.08. The summed E-state index contributed by atoms with van der Waals surface area (Å²) >= 11 is 4.60. The molecule has 1 aromatic carbocycles. The quantitative estimate of drug-likeness (QED) is 0.250. The van der Waals surface area contributed by atoms with Gasteiger partial charge in [0.25, 0.3) is 0 Å². The molecule has 7 heteroatoms. The maximum Gasteiger partial charge on any atom is 0.356 e. The van der Waals surface area contributed by atoms with Crippen molar-refractivity contribution < 1.29 is 9.53 Å². The van der Waals surface area contributed by atoms with E-state index in [2.05, 4.69) is 21.4 Å². The van der Waals surface area contributed by atoms with E-state index in [0.29, 0.717) is 5.03 Å². The minimum atomic E-state index is -0.588. The molecule has 5 N–H and O–H groups in total. The predicted octanol–water partition coefficient (Wildman–Crippen LogP) is 1.70. The molecule has 0 atom stereocenters. The molecule has 0 aliphatic rings. The van der Waals surface area contributed by atoms with Gasteiger partial charge in [-0.25, -0.2) is 10.6 Å². The Hall–Kier alpha value is -1.18. The van der Waals surface area contributed by atoms with Gasteiger partial charge in [-0.2, -0.15) is 0 Å². The molecular formula is C11H14BrN3O2S. The molecule has 0 aromatic heterocycles. The summed E-state index contributed by atoms with van der Waals surface area (Å²) in [7, 11) is 0. The standard InChI is InChI=1S/C11H14BrN3O2S/c1-2-17-11(16)9(13)10(15-14)18-8-5-3-7(12)4-6-8/h3-6,15H,2,13-14H2,1H3/b10-9+. The highest BCUT2D eigenvalue weighted by atomic mass is 79.9. The Bertz CT molecular complexity index is 448. The van der Waals surface area contributed by atoms with Gasteiger partial charge >= 0.3 is 5.97 Å². The lowest BCUT2D eigenvalue weighted by Gasteiger charge is -2.10. The van der Waals surface area contributed by atoms with E-state index in [0.717, 1.165) is 9.37 Å². The van der Waals surface area contributed by atoms with E-state index in [1.165, 1.54) is 11.8 Å². The lowest BCUT2D eigenvalue weighted by Crippen LogP contribution is -2.27. The summed E-state index contributed by atoms with van der Waals surface area (Å²) in [4.78, 5) is 12.4. The Morgan fingerprint density at radius 3 is 2.56 bits per heavy atom. The van der Waals surface area contributed by atoms with Gasteiger partial charge in [-0.05, 0) is 31.2 Å². The molecule has 0 bridgehead atoms. The number of benzene rings is 1. The number of carbonyl (C=O) groups excluding carboxylic acids is 1. The normalized spacial score (nSPS) is 11.7. The van der Waals surface area contributed by atoms with E-state index < -0.39 is 5.97 Å². The molecule has 0 spiro atoms. The topological polar surface area (TPSA) is 90.4 Å². The van der Waals surface area contributed by atoms with Crippen molar-refractivity contribution in [2.24, 2.45) is 11.6 Å². The first kappa shape index (κ1) is 14.9. The van der Waals surface area contributed by atoms with Crippen molar-refractivity contribution in [1.29, 1.82) is 0 Å². The number of esters is 1. The number of rotatable bonds is 5. The van der Waals surface area contributed by atoms with Crippen LogP contribution >= 0.6 is 27.7 Å². The van der Waals surface area contributed by atoms with E-state index in [-0.39, 0.29) is 12.3 Å². The van der Waals surface area contributed by atoms with Crippen LogP contribution < -0.4 is 17.0 Å². The number of carbonyl (C=O) groups is 1. The van der Waals surface area contributed by atoms with E-state index in [1.54, 1.807) is 6.92 Å². The third-order valence-corrected chi connectivity index (χ3v) is 3.48. The van der Waals surface area contributed by atoms with Crippen molar-refractivity contribution in [3.05, 3.63) is 39.5 Å². The number of thioether (sulfide) groups is 1. The number of hydrogen-bond donors (Lipinski definition) is 3. The van der Waals surface area contributed by atoms with Crippen LogP contribution in [0.3, 0.4) is 0 Å². The monoisotopic (exact) mass is 331 g/mol. The summed E-state index contributed by atoms with van der Waals surface area (Å²) in [6.45, 7) is 1.98. The average Bonchev–Trinajstić information content (AvgIpc) is 2.37. The molecule has 0 aliphatic carbocycles. The van der Waals surface area contributed by atoms with Gasteiger partial charge in [-0.15, -0.1) is 0 Å². The second-order valence-electron chi connectivity index (χ2n) is 3.16. The summed E-state index contributed by atoms with van der Waals surface area (Å²) < 4.78 is 5.77. The molecule has 5 nitrogen and oxygen atoms in total. The molecule has 1 aromatic rings. The number of nitrogens with one attached hydrogen (secondary N) is 1. The summed E-state index contributed by atoms with van der Waals surface area (Å²) in [5, 5.41) is 0.357. The summed E-state index contributed by atoms with van der Waals surface area (Å²) in [6, 6.07) is 7.53. The fourth-order valence-corrected chi connectivity index (χ4v) is 2.11. The molecule has 0 aliphatic heterocycles. The molecule has 1 rings (SSSR count). The first-order chi connectivity index (χ1) is 8.58. The lowest BCUT2D eigenvalue weighted by atomic mass is 10.4. The maximum absolute atomic E-state index is 11.5. The van der Waals surface area contributed by atoms with Gasteiger partial charge in [0.15, 0.2) is 0 Å². The van der Waals surface area contributed by atoms with E-state index in [9.17, 15) is 4.79 Å². The first-order valence-electron chi connectivity index (χ1n) is 5.15. The highest BCUT2D eigenvalue weighted by molar-refractivity contribution is 9.10. The molecule has 0 amide bonds. The van der Waals surface area contributed by atoms with Gasteiger partial charge in [0.1, 0.15) is 10.7 Å². The lowest BCUT2D eigenvalue weighted by molar-refractivity contribution is -0.138. The van der Waals surface area contributed by atoms with E-state index >= 15 is 0 Å². The van der Waals surface area contributed by atoms with Gasteiger partial charge in [0, 0.05) is 9.37 Å². The zero-order valence-electron chi connectivity index (χ0n) is 9.77. The zero-order chi connectivity index (χ0) is 13.5. The Labute approximate surface area is 118 Å². The number of halogens is 1. The maximum atomic E-state index is 11.5. The van der Waals surface area contributed by atoms with Gasteiger partial charge in [-0.3, -0.25) is 0 Å². The van der Waals surface area contributed by atoms with Crippen LogP contribution in [-0.4, -0.2) is 12.6 Å². The number of ether oxygens (including phenoxy) is 1. The van der Waals surface area contributed by atoms with Crippen LogP contribution in [0.4, 0.5) is 0 Å². The Kier molecular flexibility index (Phi) is 6.03. The van der Waals surface area contributed by atoms with Gasteiger partial charge in [0.2, 0.25) is 0 Å². The van der Waals surface area contributed by atoms with Crippen LogP contribution in [-0.2, 0) is 9.53 Å². The van der Waals surface area contributed by atoms with Crippen molar-refractivity contribution >= 4 is 33.7 Å². The SMILES string of the molecule is CCOC(=O)/C(N)=C(/NN)Sc1ccc(Br)cc1. The highest BCUT2D eigenvalue weighted by Gasteiger charge is 2.13. The van der Waals surface area contributed by atoms with Crippen LogP contribution in [0.2, 0.25) is 0 Å². The second-order valence-corrected chi connectivity index (χ2v) is 5.16. The van der Waals surface area contributed by atoms with E-state index in [4.69, 9.17) is 16.3 Å². The average molecular weight is 332 g/mol. The molecule has 0 unspecified atom stereocenters. The molecule has 0 heterocycles. The highest BCUT2D eigenvalue weighted by Crippen LogP contribution is 2.26. The number of nitrogens with two attached hydrogens (primary N) is 2. The van der Waals surface area contributed by atoms with Crippen LogP contribution in [0.15, 0.2) is 44.4 Å². The molecule has 0 saturated carbocycles. The van der Waals surface area contributed by atoms with Crippen molar-refractivity contribution in [2.75, 3.05) is 6.61 Å². The van der Waals surface area contributed by atoms with Crippen molar-refractivity contribution in [2.45, 2.75) is 11.8 Å². The first-order valence-corrected chi connectivity index (χ1v) is 6.76. The zero-order valence-corrected chi connectivity index (χ0v) is 12.2. The molecule has 0 saturated heterocycles. The summed E-state index contributed by atoms with van der Waals surface area (Å²) in [5.41, 5.74) is 8.04. The summed E-state index contributed by atoms with van der Waals surface area (Å²) in [6.07, 6.45) is 0. The third kappa shape index (κ3) is 4.25. The number of hydrazine groups is 1. The minimum absolute atomic E-state index is 0.0349. The minimum Gasteiger partial charge on any atom is -0.461 e. The van der Waals surface area contributed by atoms with Crippen LogP contribution in [0, 0.1) is 0 Å². The largest absolute Gasteiger partial charge is 0.461 e. The van der Waals surface area contributed by atoms with Gasteiger partial charge in [0.05, 0.1) is 6.61 Å².